The molecular formula is C12H10N2. The lowest BCUT2D eigenvalue weighted by Crippen LogP contribution is -2.13. The van der Waals surface area contributed by atoms with E-state index in [1.807, 2.05) is 12.4 Å². The number of hydrogen-bond donors (Lipinski definition) is 0. The first-order valence-corrected chi connectivity index (χ1v) is 4.83. The van der Waals surface area contributed by atoms with Crippen LogP contribution in [0.3, 0.4) is 0 Å². The minimum Gasteiger partial charge on any atom is -0.258 e. The number of fused-ring (bicyclic) bond motifs is 3. The SMILES string of the molecule is C1=Nc2c3c(ccc2=CC1)=CCC=N3. The molecule has 1 aromatic carbocycles. The molecule has 2 nitrogen and oxygen atoms in total. The van der Waals surface area contributed by atoms with Crippen molar-refractivity contribution in [1.82, 2.24) is 0 Å². The Morgan fingerprint density at radius 3 is 1.79 bits per heavy atom. The second-order valence-corrected chi connectivity index (χ2v) is 3.44. The molecule has 0 atom stereocenters. The molecule has 2 heteroatoms. The summed E-state index contributed by atoms with van der Waals surface area (Å²) in [5, 5.41) is 2.41. The van der Waals surface area contributed by atoms with E-state index < -0.39 is 0 Å². The summed E-state index contributed by atoms with van der Waals surface area (Å²) >= 11 is 0. The van der Waals surface area contributed by atoms with Gasteiger partial charge in [0.15, 0.2) is 0 Å². The highest BCUT2D eigenvalue weighted by Gasteiger charge is 2.06. The van der Waals surface area contributed by atoms with Crippen LogP contribution in [0.4, 0.5) is 11.4 Å². The molecule has 0 unspecified atom stereocenters. The normalized spacial score (nSPS) is 16.6. The van der Waals surface area contributed by atoms with Crippen LogP contribution in [0, 0.1) is 0 Å². The predicted molar refractivity (Wildman–Crippen MR) is 60.2 cm³/mol. The van der Waals surface area contributed by atoms with Gasteiger partial charge >= 0.3 is 0 Å². The van der Waals surface area contributed by atoms with Crippen LogP contribution >= 0.6 is 0 Å². The fourth-order valence-corrected chi connectivity index (χ4v) is 1.86. The van der Waals surface area contributed by atoms with E-state index in [4.69, 9.17) is 0 Å². The van der Waals surface area contributed by atoms with Crippen molar-refractivity contribution in [2.24, 2.45) is 9.98 Å². The van der Waals surface area contributed by atoms with E-state index in [1.54, 1.807) is 0 Å². The Labute approximate surface area is 82.0 Å². The first-order valence-electron chi connectivity index (χ1n) is 4.83. The highest BCUT2D eigenvalue weighted by molar-refractivity contribution is 5.83. The second kappa shape index (κ2) is 2.91. The summed E-state index contributed by atoms with van der Waals surface area (Å²) in [6.45, 7) is 0. The van der Waals surface area contributed by atoms with Crippen LogP contribution in [0.1, 0.15) is 12.8 Å². The Morgan fingerprint density at radius 1 is 0.786 bits per heavy atom. The molecule has 2 aliphatic rings. The van der Waals surface area contributed by atoms with Gasteiger partial charge in [0.05, 0.1) is 11.4 Å². The van der Waals surface area contributed by atoms with Gasteiger partial charge in [0.25, 0.3) is 0 Å². The summed E-state index contributed by atoms with van der Waals surface area (Å²) in [6.07, 6.45) is 10.1. The Morgan fingerprint density at radius 2 is 1.29 bits per heavy atom. The molecule has 0 saturated carbocycles. The van der Waals surface area contributed by atoms with E-state index in [0.29, 0.717) is 0 Å². The topological polar surface area (TPSA) is 24.7 Å². The molecule has 2 aliphatic heterocycles. The molecular weight excluding hydrogens is 172 g/mol. The van der Waals surface area contributed by atoms with Gasteiger partial charge in [0, 0.05) is 25.3 Å². The fraction of sp³-hybridized carbons (Fsp3) is 0.167. The molecule has 14 heavy (non-hydrogen) atoms. The molecule has 3 rings (SSSR count). The molecule has 0 spiro atoms. The van der Waals surface area contributed by atoms with Crippen molar-refractivity contribution in [2.45, 2.75) is 12.8 Å². The van der Waals surface area contributed by atoms with Crippen LogP contribution in [-0.2, 0) is 0 Å². The van der Waals surface area contributed by atoms with Gasteiger partial charge in [0.1, 0.15) is 0 Å². The number of nitrogens with zero attached hydrogens (tertiary/aromatic N) is 2. The molecule has 0 radical (unpaired) electrons. The van der Waals surface area contributed by atoms with E-state index in [1.165, 1.54) is 10.4 Å². The molecule has 2 heterocycles. The number of benzene rings is 1. The van der Waals surface area contributed by atoms with E-state index >= 15 is 0 Å². The van der Waals surface area contributed by atoms with Crippen molar-refractivity contribution in [1.29, 1.82) is 0 Å². The van der Waals surface area contributed by atoms with Crippen molar-refractivity contribution in [2.75, 3.05) is 0 Å². The Bertz CT molecular complexity index is 499. The van der Waals surface area contributed by atoms with E-state index in [0.717, 1.165) is 24.2 Å². The highest BCUT2D eigenvalue weighted by Crippen LogP contribution is 2.21. The second-order valence-electron chi connectivity index (χ2n) is 3.44. The first kappa shape index (κ1) is 7.68. The van der Waals surface area contributed by atoms with Gasteiger partial charge in [-0.05, 0) is 10.4 Å². The average molecular weight is 182 g/mol. The standard InChI is InChI=1S/C12H10N2/c1-3-9-5-6-10-4-2-8-14-12(10)11(9)13-7-1/h3-8H,1-2H2. The molecule has 0 bridgehead atoms. The largest absolute Gasteiger partial charge is 0.258 e. The third-order valence-corrected chi connectivity index (χ3v) is 2.54. The zero-order chi connectivity index (χ0) is 9.38. The van der Waals surface area contributed by atoms with Gasteiger partial charge < -0.3 is 0 Å². The maximum Gasteiger partial charge on any atom is 0.0957 e. The van der Waals surface area contributed by atoms with Crippen LogP contribution in [0.15, 0.2) is 22.1 Å². The third kappa shape index (κ3) is 1.04. The molecule has 68 valence electrons. The maximum absolute atomic E-state index is 4.42. The molecule has 1 aromatic rings. The molecule has 0 aromatic heterocycles. The van der Waals surface area contributed by atoms with Crippen LogP contribution in [0.5, 0.6) is 0 Å². The first-order chi connectivity index (χ1) is 6.95. The summed E-state index contributed by atoms with van der Waals surface area (Å²) in [5.41, 5.74) is 2.06. The zero-order valence-electron chi connectivity index (χ0n) is 7.77. The number of aliphatic imine (C=N–C) groups is 2. The van der Waals surface area contributed by atoms with Gasteiger partial charge in [-0.2, -0.15) is 0 Å². The summed E-state index contributed by atoms with van der Waals surface area (Å²) in [4.78, 5) is 8.83. The maximum atomic E-state index is 4.42. The summed E-state index contributed by atoms with van der Waals surface area (Å²) in [6, 6.07) is 4.25. The highest BCUT2D eigenvalue weighted by atomic mass is 14.8. The van der Waals surface area contributed by atoms with Crippen molar-refractivity contribution in [3.05, 3.63) is 22.6 Å². The Hall–Kier alpha value is -1.70. The number of hydrogen-bond acceptors (Lipinski definition) is 2. The Kier molecular flexibility index (Phi) is 1.60. The smallest absolute Gasteiger partial charge is 0.0957 e. The van der Waals surface area contributed by atoms with Gasteiger partial charge in [-0.1, -0.05) is 24.3 Å². The minimum absolute atomic E-state index is 0.930. The molecule has 0 fully saturated rings. The summed E-state index contributed by atoms with van der Waals surface area (Å²) < 4.78 is 0. The minimum atomic E-state index is 0.930. The van der Waals surface area contributed by atoms with Gasteiger partial charge in [-0.15, -0.1) is 0 Å². The van der Waals surface area contributed by atoms with E-state index in [9.17, 15) is 0 Å². The fourth-order valence-electron chi connectivity index (χ4n) is 1.86. The molecule has 0 saturated heterocycles. The summed E-state index contributed by atoms with van der Waals surface area (Å²) in [7, 11) is 0. The zero-order valence-corrected chi connectivity index (χ0v) is 7.77. The van der Waals surface area contributed by atoms with E-state index in [2.05, 4.69) is 34.3 Å². The van der Waals surface area contributed by atoms with Crippen LogP contribution < -0.4 is 10.4 Å². The van der Waals surface area contributed by atoms with Crippen LogP contribution in [-0.4, -0.2) is 12.4 Å². The van der Waals surface area contributed by atoms with Gasteiger partial charge in [-0.25, -0.2) is 0 Å². The summed E-state index contributed by atoms with van der Waals surface area (Å²) in [5.74, 6) is 0. The lowest BCUT2D eigenvalue weighted by atomic mass is 10.1. The van der Waals surface area contributed by atoms with Crippen molar-refractivity contribution in [3.63, 3.8) is 0 Å². The average Bonchev–Trinajstić information content (AvgIpc) is 2.29. The van der Waals surface area contributed by atoms with E-state index in [-0.39, 0.29) is 0 Å². The van der Waals surface area contributed by atoms with Crippen LogP contribution in [0.25, 0.3) is 12.2 Å². The lowest BCUT2D eigenvalue weighted by molar-refractivity contribution is 1.32. The molecule has 0 amide bonds. The predicted octanol–water partition coefficient (Wildman–Crippen LogP) is 1.46. The molecule has 0 N–H and O–H groups in total. The van der Waals surface area contributed by atoms with Crippen molar-refractivity contribution in [3.8, 4) is 0 Å². The Balaban J connectivity index is 2.45. The molecule has 0 aliphatic carbocycles. The quantitative estimate of drug-likeness (QED) is 0.580. The van der Waals surface area contributed by atoms with Gasteiger partial charge in [0.2, 0.25) is 0 Å². The number of rotatable bonds is 0. The lowest BCUT2D eigenvalue weighted by Gasteiger charge is -2.08. The monoisotopic (exact) mass is 182 g/mol. The third-order valence-electron chi connectivity index (χ3n) is 2.54. The van der Waals surface area contributed by atoms with Crippen LogP contribution in [0.2, 0.25) is 0 Å². The van der Waals surface area contributed by atoms with Gasteiger partial charge in [-0.3, -0.25) is 9.98 Å². The van der Waals surface area contributed by atoms with Crippen molar-refractivity contribution < 1.29 is 0 Å². The van der Waals surface area contributed by atoms with Crippen molar-refractivity contribution >= 4 is 36.0 Å².